The molecule has 4 rings (SSSR count). The van der Waals surface area contributed by atoms with Gasteiger partial charge in [-0.15, -0.1) is 0 Å². The normalized spacial score (nSPS) is 22.4. The summed E-state index contributed by atoms with van der Waals surface area (Å²) in [5.41, 5.74) is 1.92. The van der Waals surface area contributed by atoms with Crippen LogP contribution in [-0.4, -0.2) is 27.9 Å². The fraction of sp³-hybridized carbons (Fsp3) is 0.412. The molecule has 4 heteroatoms. The van der Waals surface area contributed by atoms with Crippen LogP contribution in [0.2, 0.25) is 0 Å². The highest BCUT2D eigenvalue weighted by molar-refractivity contribution is 5.84. The fourth-order valence-corrected chi connectivity index (χ4v) is 3.08. The summed E-state index contributed by atoms with van der Waals surface area (Å²) in [4.78, 5) is 19.1. The first-order valence-corrected chi connectivity index (χ1v) is 7.58. The van der Waals surface area contributed by atoms with Crippen LogP contribution in [0.4, 0.5) is 0 Å². The van der Waals surface area contributed by atoms with E-state index < -0.39 is 6.10 Å². The fourth-order valence-electron chi connectivity index (χ4n) is 3.08. The number of benzene rings is 1. The Kier molecular flexibility index (Phi) is 2.84. The monoisotopic (exact) mass is 282 g/mol. The Morgan fingerprint density at radius 2 is 2.10 bits per heavy atom. The lowest BCUT2D eigenvalue weighted by Crippen LogP contribution is -2.47. The first-order chi connectivity index (χ1) is 10.2. The minimum absolute atomic E-state index is 0.0850. The third-order valence-electron chi connectivity index (χ3n) is 4.54. The third kappa shape index (κ3) is 2.06. The number of nitrogens with zero attached hydrogens (tertiary/aromatic N) is 2. The van der Waals surface area contributed by atoms with Gasteiger partial charge in [-0.3, -0.25) is 4.79 Å². The molecular formula is C17H18N2O2. The number of carbonyl (C=O) groups is 1. The van der Waals surface area contributed by atoms with E-state index in [1.807, 2.05) is 36.1 Å². The van der Waals surface area contributed by atoms with Crippen LogP contribution in [0.3, 0.4) is 0 Å². The summed E-state index contributed by atoms with van der Waals surface area (Å²) in [6.07, 6.45) is 2.97. The van der Waals surface area contributed by atoms with Gasteiger partial charge in [0.05, 0.1) is 12.1 Å². The number of pyridine rings is 1. The van der Waals surface area contributed by atoms with Crippen molar-refractivity contribution in [1.29, 1.82) is 0 Å². The molecule has 0 saturated heterocycles. The van der Waals surface area contributed by atoms with Crippen LogP contribution < -0.4 is 4.74 Å². The lowest BCUT2D eigenvalue weighted by molar-refractivity contribution is -0.141. The van der Waals surface area contributed by atoms with Gasteiger partial charge < -0.3 is 9.64 Å². The number of fused-ring (bicyclic) bond motifs is 2. The number of aromatic nitrogens is 1. The number of rotatable bonds is 1. The number of carbonyl (C=O) groups excluding carboxylic acids is 1. The predicted octanol–water partition coefficient (Wildman–Crippen LogP) is 2.90. The maximum Gasteiger partial charge on any atom is 0.263 e. The van der Waals surface area contributed by atoms with Crippen LogP contribution in [0.25, 0.3) is 10.9 Å². The zero-order valence-electron chi connectivity index (χ0n) is 12.1. The zero-order valence-corrected chi connectivity index (χ0v) is 12.1. The first-order valence-electron chi connectivity index (χ1n) is 7.58. The first kappa shape index (κ1) is 12.6. The quantitative estimate of drug-likeness (QED) is 0.807. The van der Waals surface area contributed by atoms with E-state index >= 15 is 0 Å². The van der Waals surface area contributed by atoms with Gasteiger partial charge in [-0.25, -0.2) is 4.98 Å². The Balaban J connectivity index is 1.79. The van der Waals surface area contributed by atoms with Gasteiger partial charge in [0.15, 0.2) is 6.10 Å². The Morgan fingerprint density at radius 1 is 1.29 bits per heavy atom. The number of hydrogen-bond donors (Lipinski definition) is 0. The van der Waals surface area contributed by atoms with Crippen LogP contribution in [0, 0.1) is 0 Å². The molecule has 1 aliphatic carbocycles. The molecule has 1 amide bonds. The van der Waals surface area contributed by atoms with E-state index in [9.17, 15) is 4.79 Å². The molecule has 1 aliphatic heterocycles. The van der Waals surface area contributed by atoms with Crippen LogP contribution in [0.1, 0.15) is 31.7 Å². The van der Waals surface area contributed by atoms with Crippen molar-refractivity contribution in [2.24, 2.45) is 0 Å². The van der Waals surface area contributed by atoms with E-state index in [4.69, 9.17) is 4.74 Å². The van der Waals surface area contributed by atoms with E-state index in [-0.39, 0.29) is 5.91 Å². The smallest absolute Gasteiger partial charge is 0.263 e. The van der Waals surface area contributed by atoms with Crippen molar-refractivity contribution in [3.8, 4) is 5.88 Å². The lowest BCUT2D eigenvalue weighted by atomic mass is 9.91. The summed E-state index contributed by atoms with van der Waals surface area (Å²) < 4.78 is 5.82. The molecule has 0 bridgehead atoms. The second-order valence-corrected chi connectivity index (χ2v) is 5.96. The minimum Gasteiger partial charge on any atom is -0.464 e. The second-order valence-electron chi connectivity index (χ2n) is 5.96. The van der Waals surface area contributed by atoms with E-state index in [1.54, 1.807) is 0 Å². The SMILES string of the molecule is C[C@H]1Oc2nc3ccccc3cc2CN(C2CCC2)C1=O. The molecule has 1 atom stereocenters. The van der Waals surface area contributed by atoms with Gasteiger partial charge in [-0.05, 0) is 38.3 Å². The average Bonchev–Trinajstić information content (AvgIpc) is 2.54. The van der Waals surface area contributed by atoms with Gasteiger partial charge in [0.2, 0.25) is 5.88 Å². The molecular weight excluding hydrogens is 264 g/mol. The van der Waals surface area contributed by atoms with Crippen LogP contribution in [0.5, 0.6) is 5.88 Å². The van der Waals surface area contributed by atoms with Gasteiger partial charge in [0.25, 0.3) is 5.91 Å². The largest absolute Gasteiger partial charge is 0.464 e. The maximum absolute atomic E-state index is 12.5. The predicted molar refractivity (Wildman–Crippen MR) is 80.0 cm³/mol. The van der Waals surface area contributed by atoms with Crippen molar-refractivity contribution in [2.45, 2.75) is 44.9 Å². The summed E-state index contributed by atoms with van der Waals surface area (Å²) in [5, 5.41) is 1.09. The molecule has 1 fully saturated rings. The van der Waals surface area contributed by atoms with Crippen molar-refractivity contribution >= 4 is 16.8 Å². The maximum atomic E-state index is 12.5. The summed E-state index contributed by atoms with van der Waals surface area (Å²) in [6, 6.07) is 10.5. The molecule has 1 saturated carbocycles. The molecule has 0 spiro atoms. The van der Waals surface area contributed by atoms with Crippen molar-refractivity contribution in [3.63, 3.8) is 0 Å². The van der Waals surface area contributed by atoms with Crippen molar-refractivity contribution in [3.05, 3.63) is 35.9 Å². The molecule has 4 nitrogen and oxygen atoms in total. The van der Waals surface area contributed by atoms with Gasteiger partial charge in [0, 0.05) is 17.0 Å². The van der Waals surface area contributed by atoms with Gasteiger partial charge in [-0.1, -0.05) is 18.2 Å². The van der Waals surface area contributed by atoms with Crippen molar-refractivity contribution in [2.75, 3.05) is 0 Å². The van der Waals surface area contributed by atoms with Crippen LogP contribution >= 0.6 is 0 Å². The average molecular weight is 282 g/mol. The summed E-state index contributed by atoms with van der Waals surface area (Å²) in [7, 11) is 0. The minimum atomic E-state index is -0.458. The Morgan fingerprint density at radius 3 is 2.86 bits per heavy atom. The summed E-state index contributed by atoms with van der Waals surface area (Å²) in [6.45, 7) is 2.43. The van der Waals surface area contributed by atoms with E-state index in [2.05, 4.69) is 11.1 Å². The topological polar surface area (TPSA) is 42.4 Å². The van der Waals surface area contributed by atoms with Gasteiger partial charge >= 0.3 is 0 Å². The van der Waals surface area contributed by atoms with Crippen molar-refractivity contribution < 1.29 is 9.53 Å². The van der Waals surface area contributed by atoms with Gasteiger partial charge in [0.1, 0.15) is 0 Å². The Labute approximate surface area is 123 Å². The molecule has 2 aliphatic rings. The highest BCUT2D eigenvalue weighted by atomic mass is 16.5. The van der Waals surface area contributed by atoms with Crippen LogP contribution in [0.15, 0.2) is 30.3 Å². The molecule has 0 N–H and O–H groups in total. The third-order valence-corrected chi connectivity index (χ3v) is 4.54. The molecule has 2 heterocycles. The molecule has 1 aromatic carbocycles. The Bertz CT molecular complexity index is 709. The number of para-hydroxylation sites is 1. The number of hydrogen-bond acceptors (Lipinski definition) is 3. The van der Waals surface area contributed by atoms with Gasteiger partial charge in [-0.2, -0.15) is 0 Å². The highest BCUT2D eigenvalue weighted by Crippen LogP contribution is 2.32. The zero-order chi connectivity index (χ0) is 14.4. The standard InChI is InChI=1S/C17H18N2O2/c1-11-17(20)19(14-6-4-7-14)10-13-9-12-5-2-3-8-15(12)18-16(13)21-11/h2-3,5,8-9,11,14H,4,6-7,10H2,1H3/t11-/m1/s1. The molecule has 21 heavy (non-hydrogen) atoms. The molecule has 108 valence electrons. The van der Waals surface area contributed by atoms with Crippen LogP contribution in [-0.2, 0) is 11.3 Å². The lowest BCUT2D eigenvalue weighted by Gasteiger charge is -2.37. The number of ether oxygens (including phenoxy) is 1. The number of amides is 1. The van der Waals surface area contributed by atoms with E-state index in [0.29, 0.717) is 18.5 Å². The molecule has 2 aromatic rings. The summed E-state index contributed by atoms with van der Waals surface area (Å²) >= 11 is 0. The molecule has 1 aromatic heterocycles. The summed E-state index contributed by atoms with van der Waals surface area (Å²) in [5.74, 6) is 0.693. The molecule has 0 radical (unpaired) electrons. The second kappa shape index (κ2) is 4.72. The van der Waals surface area contributed by atoms with Crippen molar-refractivity contribution in [1.82, 2.24) is 9.88 Å². The highest BCUT2D eigenvalue weighted by Gasteiger charge is 2.35. The Hall–Kier alpha value is -2.10. The van der Waals surface area contributed by atoms with E-state index in [1.165, 1.54) is 6.42 Å². The van der Waals surface area contributed by atoms with E-state index in [0.717, 1.165) is 29.3 Å². The molecule has 0 unspecified atom stereocenters.